The fraction of sp³-hybridized carbons (Fsp3) is 0.500. The molecule has 1 aliphatic rings. The van der Waals surface area contributed by atoms with Gasteiger partial charge in [-0.2, -0.15) is 0 Å². The summed E-state index contributed by atoms with van der Waals surface area (Å²) in [6.45, 7) is 3.43. The molecule has 0 N–H and O–H groups in total. The van der Waals surface area contributed by atoms with Crippen molar-refractivity contribution in [3.8, 4) is 11.5 Å². The van der Waals surface area contributed by atoms with Gasteiger partial charge >= 0.3 is 0 Å². The van der Waals surface area contributed by atoms with Crippen LogP contribution in [-0.4, -0.2) is 50.2 Å². The summed E-state index contributed by atoms with van der Waals surface area (Å²) in [6, 6.07) is 6.54. The highest BCUT2D eigenvalue weighted by molar-refractivity contribution is 7.89. The fourth-order valence-electron chi connectivity index (χ4n) is 2.62. The molecule has 7 nitrogen and oxygen atoms in total. The smallest absolute Gasteiger partial charge is 0.247 e. The van der Waals surface area contributed by atoms with Crippen LogP contribution < -0.4 is 0 Å². The van der Waals surface area contributed by atoms with Gasteiger partial charge in [0.2, 0.25) is 21.8 Å². The Balaban J connectivity index is 1.94. The van der Waals surface area contributed by atoms with Crippen LogP contribution in [0, 0.1) is 0 Å². The molecule has 1 aromatic heterocycles. The van der Waals surface area contributed by atoms with Gasteiger partial charge in [0.25, 0.3) is 0 Å². The van der Waals surface area contributed by atoms with E-state index in [1.54, 1.807) is 24.3 Å². The van der Waals surface area contributed by atoms with E-state index in [2.05, 4.69) is 17.1 Å². The summed E-state index contributed by atoms with van der Waals surface area (Å²) in [5.74, 6) is 0.898. The molecule has 1 fully saturated rings. The minimum Gasteiger partial charge on any atom is -0.420 e. The third-order valence-corrected chi connectivity index (χ3v) is 6.21. The number of sulfonamides is 1. The van der Waals surface area contributed by atoms with Crippen molar-refractivity contribution >= 4 is 10.0 Å². The summed E-state index contributed by atoms with van der Waals surface area (Å²) in [4.78, 5) is 0.196. The monoisotopic (exact) mass is 351 g/mol. The van der Waals surface area contributed by atoms with Crippen LogP contribution in [0.5, 0.6) is 0 Å². The van der Waals surface area contributed by atoms with E-state index in [1.807, 2.05) is 0 Å². The molecular weight excluding hydrogens is 330 g/mol. The zero-order valence-electron chi connectivity index (χ0n) is 14.0. The lowest BCUT2D eigenvalue weighted by atomic mass is 9.82. The molecule has 130 valence electrons. The Hall–Kier alpha value is -1.77. The third-order valence-electron chi connectivity index (χ3n) is 4.40. The van der Waals surface area contributed by atoms with Gasteiger partial charge in [-0.1, -0.05) is 13.0 Å². The second-order valence-corrected chi connectivity index (χ2v) is 8.55. The Morgan fingerprint density at radius 3 is 2.54 bits per heavy atom. The van der Waals surface area contributed by atoms with Crippen molar-refractivity contribution in [3.63, 3.8) is 0 Å². The molecular formula is C16H21N3O4S. The first-order chi connectivity index (χ1) is 11.3. The first-order valence-corrected chi connectivity index (χ1v) is 9.22. The molecule has 8 heteroatoms. The van der Waals surface area contributed by atoms with Gasteiger partial charge in [0.15, 0.2) is 0 Å². The topological polar surface area (TPSA) is 85.5 Å². The van der Waals surface area contributed by atoms with Gasteiger partial charge in [0, 0.05) is 32.9 Å². The van der Waals surface area contributed by atoms with Crippen molar-refractivity contribution in [2.45, 2.75) is 30.1 Å². The molecule has 2 aromatic rings. The first-order valence-electron chi connectivity index (χ1n) is 7.78. The van der Waals surface area contributed by atoms with Crippen LogP contribution in [0.25, 0.3) is 11.5 Å². The SMILES string of the molecule is CN(C)S(=O)(=O)c1cccc(-c2nnc(C3(C)CCOCC3)o2)c1. The second kappa shape index (κ2) is 6.27. The number of rotatable bonds is 4. The molecule has 3 rings (SSSR count). The Labute approximate surface area is 141 Å². The summed E-state index contributed by atoms with van der Waals surface area (Å²) in [7, 11) is -0.509. The molecule has 1 aliphatic heterocycles. The van der Waals surface area contributed by atoms with Crippen molar-refractivity contribution < 1.29 is 17.6 Å². The Morgan fingerprint density at radius 2 is 1.88 bits per heavy atom. The molecule has 0 atom stereocenters. The van der Waals surface area contributed by atoms with Crippen molar-refractivity contribution in [3.05, 3.63) is 30.2 Å². The van der Waals surface area contributed by atoms with Crippen molar-refractivity contribution in [1.29, 1.82) is 0 Å². The predicted octanol–water partition coefficient (Wildman–Crippen LogP) is 2.06. The fourth-order valence-corrected chi connectivity index (χ4v) is 3.57. The molecule has 1 saturated heterocycles. The van der Waals surface area contributed by atoms with E-state index in [0.717, 1.165) is 12.8 Å². The highest BCUT2D eigenvalue weighted by atomic mass is 32.2. The zero-order chi connectivity index (χ0) is 17.4. The van der Waals surface area contributed by atoms with Crippen molar-refractivity contribution in [2.24, 2.45) is 0 Å². The van der Waals surface area contributed by atoms with E-state index in [1.165, 1.54) is 18.4 Å². The lowest BCUT2D eigenvalue weighted by molar-refractivity contribution is 0.0471. The standard InChI is InChI=1S/C16H21N3O4S/c1-16(7-9-22-10-8-16)15-18-17-14(23-15)12-5-4-6-13(11-12)24(20,21)19(2)3/h4-6,11H,7-10H2,1-3H3. The average molecular weight is 351 g/mol. The quantitative estimate of drug-likeness (QED) is 0.838. The molecule has 0 amide bonds. The lowest BCUT2D eigenvalue weighted by Gasteiger charge is -2.29. The summed E-state index contributed by atoms with van der Waals surface area (Å²) < 4.78 is 37.0. The molecule has 0 saturated carbocycles. The summed E-state index contributed by atoms with van der Waals surface area (Å²) >= 11 is 0. The van der Waals surface area contributed by atoms with E-state index < -0.39 is 10.0 Å². The predicted molar refractivity (Wildman–Crippen MR) is 88.0 cm³/mol. The average Bonchev–Trinajstić information content (AvgIpc) is 3.06. The summed E-state index contributed by atoms with van der Waals surface area (Å²) in [5.41, 5.74) is 0.393. The molecule has 1 aromatic carbocycles. The number of hydrogen-bond acceptors (Lipinski definition) is 6. The first kappa shape index (κ1) is 17.1. The van der Waals surface area contributed by atoms with E-state index in [9.17, 15) is 8.42 Å². The van der Waals surface area contributed by atoms with Gasteiger partial charge in [0.05, 0.1) is 10.3 Å². The van der Waals surface area contributed by atoms with Gasteiger partial charge < -0.3 is 9.15 Å². The van der Waals surface area contributed by atoms with Crippen molar-refractivity contribution in [2.75, 3.05) is 27.3 Å². The second-order valence-electron chi connectivity index (χ2n) is 6.40. The molecule has 0 aliphatic carbocycles. The number of nitrogens with zero attached hydrogens (tertiary/aromatic N) is 3. The van der Waals surface area contributed by atoms with Gasteiger partial charge in [0.1, 0.15) is 0 Å². The minimum atomic E-state index is -3.51. The maximum atomic E-state index is 12.3. The number of hydrogen-bond donors (Lipinski definition) is 0. The Morgan fingerprint density at radius 1 is 1.17 bits per heavy atom. The molecule has 0 unspecified atom stereocenters. The highest BCUT2D eigenvalue weighted by Crippen LogP contribution is 2.34. The molecule has 0 radical (unpaired) electrons. The van der Waals surface area contributed by atoms with Crippen LogP contribution in [0.15, 0.2) is 33.6 Å². The van der Waals surface area contributed by atoms with Crippen LogP contribution in [0.1, 0.15) is 25.7 Å². The molecule has 0 spiro atoms. The van der Waals surface area contributed by atoms with E-state index in [4.69, 9.17) is 9.15 Å². The molecule has 24 heavy (non-hydrogen) atoms. The highest BCUT2D eigenvalue weighted by Gasteiger charge is 2.35. The van der Waals surface area contributed by atoms with Gasteiger partial charge in [-0.25, -0.2) is 12.7 Å². The van der Waals surface area contributed by atoms with Crippen LogP contribution in [0.3, 0.4) is 0 Å². The van der Waals surface area contributed by atoms with Crippen LogP contribution in [0.4, 0.5) is 0 Å². The number of ether oxygens (including phenoxy) is 1. The van der Waals surface area contributed by atoms with Crippen LogP contribution in [0.2, 0.25) is 0 Å². The van der Waals surface area contributed by atoms with Crippen LogP contribution in [-0.2, 0) is 20.2 Å². The molecule has 0 bridgehead atoms. The number of benzene rings is 1. The lowest BCUT2D eigenvalue weighted by Crippen LogP contribution is -2.30. The van der Waals surface area contributed by atoms with E-state index in [0.29, 0.717) is 30.6 Å². The van der Waals surface area contributed by atoms with Gasteiger partial charge in [-0.3, -0.25) is 0 Å². The van der Waals surface area contributed by atoms with E-state index >= 15 is 0 Å². The maximum Gasteiger partial charge on any atom is 0.247 e. The van der Waals surface area contributed by atoms with Crippen molar-refractivity contribution in [1.82, 2.24) is 14.5 Å². The largest absolute Gasteiger partial charge is 0.420 e. The van der Waals surface area contributed by atoms with Crippen LogP contribution >= 0.6 is 0 Å². The summed E-state index contributed by atoms with van der Waals surface area (Å²) in [5, 5.41) is 8.29. The molecule has 2 heterocycles. The summed E-state index contributed by atoms with van der Waals surface area (Å²) in [6.07, 6.45) is 1.65. The van der Waals surface area contributed by atoms with Gasteiger partial charge in [-0.05, 0) is 31.0 Å². The Bertz CT molecular complexity index is 823. The normalized spacial score (nSPS) is 18.0. The maximum absolute atomic E-state index is 12.3. The minimum absolute atomic E-state index is 0.196. The Kier molecular flexibility index (Phi) is 4.46. The number of aromatic nitrogens is 2. The zero-order valence-corrected chi connectivity index (χ0v) is 14.8. The van der Waals surface area contributed by atoms with Gasteiger partial charge in [-0.15, -0.1) is 10.2 Å². The van der Waals surface area contributed by atoms with E-state index in [-0.39, 0.29) is 10.3 Å². The third kappa shape index (κ3) is 3.09.